The maximum absolute atomic E-state index is 13.7. The second kappa shape index (κ2) is 9.60. The van der Waals surface area contributed by atoms with Gasteiger partial charge in [0.05, 0.1) is 6.04 Å². The number of para-hydroxylation sites is 1. The molecule has 1 aliphatic heterocycles. The Morgan fingerprint density at radius 3 is 2.38 bits per heavy atom. The quantitative estimate of drug-likeness (QED) is 0.578. The lowest BCUT2D eigenvalue weighted by Crippen LogP contribution is -2.54. The normalized spacial score (nSPS) is 22.6. The highest BCUT2D eigenvalue weighted by atomic mass is 19.4. The maximum Gasteiger partial charge on any atom is 0.573 e. The van der Waals surface area contributed by atoms with Crippen LogP contribution in [0.5, 0.6) is 5.75 Å². The fourth-order valence-electron chi connectivity index (χ4n) is 5.69. The molecule has 0 aromatic heterocycles. The third kappa shape index (κ3) is 5.07. The number of halogens is 3. The lowest BCUT2D eigenvalue weighted by Gasteiger charge is -2.47. The van der Waals surface area contributed by atoms with Crippen molar-refractivity contribution in [2.24, 2.45) is 5.92 Å². The van der Waals surface area contributed by atoms with Crippen LogP contribution < -0.4 is 15.0 Å². The number of alkyl halides is 3. The van der Waals surface area contributed by atoms with Crippen molar-refractivity contribution in [3.63, 3.8) is 0 Å². The van der Waals surface area contributed by atoms with Gasteiger partial charge >= 0.3 is 18.4 Å². The van der Waals surface area contributed by atoms with Gasteiger partial charge in [-0.25, -0.2) is 4.79 Å². The van der Waals surface area contributed by atoms with Crippen molar-refractivity contribution in [1.29, 1.82) is 0 Å². The number of benzene rings is 2. The van der Waals surface area contributed by atoms with E-state index in [1.54, 1.807) is 15.9 Å². The molecular weight excluding hydrogens is 491 g/mol. The Morgan fingerprint density at radius 2 is 1.73 bits per heavy atom. The number of amides is 3. The molecule has 11 heteroatoms. The smallest absolute Gasteiger partial charge is 0.480 e. The Hall–Kier alpha value is -3.76. The monoisotopic (exact) mass is 517 g/mol. The summed E-state index contributed by atoms with van der Waals surface area (Å²) < 4.78 is 41.6. The third-order valence-electron chi connectivity index (χ3n) is 7.20. The first-order chi connectivity index (χ1) is 17.6. The molecule has 0 radical (unpaired) electrons. The fourth-order valence-corrected chi connectivity index (χ4v) is 5.69. The number of hydrogen-bond donors (Lipinski definition) is 2. The van der Waals surface area contributed by atoms with Crippen molar-refractivity contribution < 1.29 is 37.4 Å². The number of carboxylic acid groups (broad SMARTS) is 1. The standard InChI is InChI=1S/C26H26F3N3O5/c27-26(28,29)37-17-12-8-15(9-13-17)24(35)32-20-6-2-1-4-18(20)23(19-5-3-7-21(19)32)31(16-10-11-16)25(36)30-14-22(33)34/h1-2,4,6,8-9,12-13,16,19,21,23H,3,5,7,10-11,14H2,(H,30,36)(H,33,34). The van der Waals surface area contributed by atoms with Gasteiger partial charge in [0.1, 0.15) is 12.3 Å². The van der Waals surface area contributed by atoms with Crippen LogP contribution in [0.2, 0.25) is 0 Å². The molecule has 2 aromatic carbocycles. The molecule has 3 amide bonds. The molecule has 8 nitrogen and oxygen atoms in total. The fraction of sp³-hybridized carbons (Fsp3) is 0.423. The molecule has 2 aliphatic carbocycles. The van der Waals surface area contributed by atoms with Crippen molar-refractivity contribution in [2.45, 2.75) is 56.6 Å². The summed E-state index contributed by atoms with van der Waals surface area (Å²) in [4.78, 5) is 41.5. The topological polar surface area (TPSA) is 99.2 Å². The van der Waals surface area contributed by atoms with E-state index in [-0.39, 0.29) is 35.5 Å². The van der Waals surface area contributed by atoms with Crippen molar-refractivity contribution in [1.82, 2.24) is 10.2 Å². The molecule has 2 fully saturated rings. The second-order valence-corrected chi connectivity index (χ2v) is 9.60. The number of nitrogens with zero attached hydrogens (tertiary/aromatic N) is 2. The summed E-state index contributed by atoms with van der Waals surface area (Å²) in [5, 5.41) is 11.6. The zero-order valence-corrected chi connectivity index (χ0v) is 19.8. The molecule has 3 atom stereocenters. The number of fused-ring (bicyclic) bond motifs is 2. The van der Waals surface area contributed by atoms with E-state index < -0.39 is 30.7 Å². The van der Waals surface area contributed by atoms with Gasteiger partial charge in [-0.05, 0) is 61.6 Å². The van der Waals surface area contributed by atoms with Crippen LogP contribution >= 0.6 is 0 Å². The van der Waals surface area contributed by atoms with Gasteiger partial charge in [0.25, 0.3) is 5.91 Å². The van der Waals surface area contributed by atoms with Gasteiger partial charge in [-0.1, -0.05) is 24.6 Å². The molecule has 3 unspecified atom stereocenters. The van der Waals surface area contributed by atoms with Gasteiger partial charge in [-0.2, -0.15) is 0 Å². The van der Waals surface area contributed by atoms with Crippen molar-refractivity contribution in [2.75, 3.05) is 11.4 Å². The summed E-state index contributed by atoms with van der Waals surface area (Å²) in [6.07, 6.45) is -0.838. The number of anilines is 1. The average molecular weight is 518 g/mol. The summed E-state index contributed by atoms with van der Waals surface area (Å²) in [5.41, 5.74) is 1.67. The van der Waals surface area contributed by atoms with E-state index >= 15 is 0 Å². The van der Waals surface area contributed by atoms with Crippen LogP contribution in [0.4, 0.5) is 23.7 Å². The largest absolute Gasteiger partial charge is 0.573 e. The first kappa shape index (κ1) is 24.9. The van der Waals surface area contributed by atoms with Gasteiger partial charge < -0.3 is 25.0 Å². The first-order valence-electron chi connectivity index (χ1n) is 12.2. The Balaban J connectivity index is 1.49. The Bertz CT molecular complexity index is 1200. The van der Waals surface area contributed by atoms with Crippen LogP contribution in [0.15, 0.2) is 48.5 Å². The molecule has 196 valence electrons. The molecule has 0 bridgehead atoms. The van der Waals surface area contributed by atoms with E-state index in [4.69, 9.17) is 5.11 Å². The van der Waals surface area contributed by atoms with Gasteiger partial charge in [-0.15, -0.1) is 13.2 Å². The predicted octanol–water partition coefficient (Wildman–Crippen LogP) is 4.71. The molecule has 0 spiro atoms. The lowest BCUT2D eigenvalue weighted by atomic mass is 9.81. The zero-order chi connectivity index (χ0) is 26.3. The van der Waals surface area contributed by atoms with E-state index in [0.29, 0.717) is 12.1 Å². The molecule has 2 saturated carbocycles. The van der Waals surface area contributed by atoms with Crippen LogP contribution in [0, 0.1) is 5.92 Å². The van der Waals surface area contributed by atoms with Gasteiger partial charge in [0.15, 0.2) is 0 Å². The number of aliphatic carboxylic acids is 1. The molecule has 3 aliphatic rings. The highest BCUT2D eigenvalue weighted by Gasteiger charge is 2.51. The summed E-state index contributed by atoms with van der Waals surface area (Å²) in [5.74, 6) is -1.94. The van der Waals surface area contributed by atoms with Crippen LogP contribution in [-0.2, 0) is 4.79 Å². The number of carbonyl (C=O) groups excluding carboxylic acids is 2. The second-order valence-electron chi connectivity index (χ2n) is 9.60. The van der Waals surface area contributed by atoms with E-state index in [2.05, 4.69) is 10.1 Å². The van der Waals surface area contributed by atoms with Gasteiger partial charge in [0.2, 0.25) is 0 Å². The zero-order valence-electron chi connectivity index (χ0n) is 19.8. The number of ether oxygens (including phenoxy) is 1. The molecule has 1 heterocycles. The Kier molecular flexibility index (Phi) is 6.47. The van der Waals surface area contributed by atoms with Crippen molar-refractivity contribution >= 4 is 23.6 Å². The summed E-state index contributed by atoms with van der Waals surface area (Å²) in [7, 11) is 0. The number of hydrogen-bond acceptors (Lipinski definition) is 4. The van der Waals surface area contributed by atoms with Crippen LogP contribution in [-0.4, -0.2) is 52.9 Å². The van der Waals surface area contributed by atoms with Crippen LogP contribution in [0.1, 0.15) is 54.1 Å². The highest BCUT2D eigenvalue weighted by Crippen LogP contribution is 2.52. The number of urea groups is 1. The maximum atomic E-state index is 13.7. The van der Waals surface area contributed by atoms with E-state index in [0.717, 1.165) is 43.4 Å². The SMILES string of the molecule is O=C(O)CNC(=O)N(C1CC1)C1c2ccccc2N(C(=O)c2ccc(OC(F)(F)F)cc2)C2CCCC21. The Labute approximate surface area is 211 Å². The highest BCUT2D eigenvalue weighted by molar-refractivity contribution is 6.07. The number of nitrogens with one attached hydrogen (secondary N) is 1. The van der Waals surface area contributed by atoms with Crippen molar-refractivity contribution in [3.8, 4) is 5.75 Å². The van der Waals surface area contributed by atoms with Crippen LogP contribution in [0.25, 0.3) is 0 Å². The minimum Gasteiger partial charge on any atom is -0.480 e. The first-order valence-corrected chi connectivity index (χ1v) is 12.2. The predicted molar refractivity (Wildman–Crippen MR) is 126 cm³/mol. The number of rotatable bonds is 6. The summed E-state index contributed by atoms with van der Waals surface area (Å²) in [6, 6.07) is 11.2. The molecule has 2 aromatic rings. The van der Waals surface area contributed by atoms with Crippen molar-refractivity contribution in [3.05, 3.63) is 59.7 Å². The third-order valence-corrected chi connectivity index (χ3v) is 7.20. The molecule has 2 N–H and O–H groups in total. The minimum absolute atomic E-state index is 0.00321. The number of carboxylic acids is 1. The summed E-state index contributed by atoms with van der Waals surface area (Å²) >= 11 is 0. The molecular formula is C26H26F3N3O5. The molecule has 0 saturated heterocycles. The average Bonchev–Trinajstić information content (AvgIpc) is 3.57. The van der Waals surface area contributed by atoms with E-state index in [9.17, 15) is 27.6 Å². The molecule has 37 heavy (non-hydrogen) atoms. The van der Waals surface area contributed by atoms with E-state index in [1.165, 1.54) is 12.1 Å². The lowest BCUT2D eigenvalue weighted by molar-refractivity contribution is -0.274. The minimum atomic E-state index is -4.83. The van der Waals surface area contributed by atoms with E-state index in [1.807, 2.05) is 18.2 Å². The van der Waals surface area contributed by atoms with Gasteiger partial charge in [0, 0.05) is 29.3 Å². The Morgan fingerprint density at radius 1 is 1.03 bits per heavy atom. The molecule has 5 rings (SSSR count). The number of carbonyl (C=O) groups is 3. The van der Waals surface area contributed by atoms with Crippen LogP contribution in [0.3, 0.4) is 0 Å². The van der Waals surface area contributed by atoms with Gasteiger partial charge in [-0.3, -0.25) is 9.59 Å². The summed E-state index contributed by atoms with van der Waals surface area (Å²) in [6.45, 7) is -0.483.